The molecule has 4 nitrogen and oxygen atoms in total. The molecule has 0 radical (unpaired) electrons. The molecule has 0 saturated carbocycles. The predicted octanol–water partition coefficient (Wildman–Crippen LogP) is 1.67. The van der Waals surface area contributed by atoms with Crippen LogP contribution in [0, 0.1) is 0 Å². The normalized spacial score (nSPS) is 15.0. The Balaban J connectivity index is 1.87. The van der Waals surface area contributed by atoms with E-state index in [-0.39, 0.29) is 5.78 Å². The molecular weight excluding hydrogens is 218 g/mol. The van der Waals surface area contributed by atoms with E-state index in [2.05, 4.69) is 4.57 Å². The lowest BCUT2D eigenvalue weighted by Crippen LogP contribution is -2.15. The molecule has 1 heterocycles. The number of methoxy groups -OCH3 is 1. The van der Waals surface area contributed by atoms with Gasteiger partial charge in [-0.05, 0) is 18.9 Å². The Morgan fingerprint density at radius 2 is 2.18 bits per heavy atom. The van der Waals surface area contributed by atoms with Gasteiger partial charge >= 0.3 is 0 Å². The maximum Gasteiger partial charge on any atom is 0.164 e. The van der Waals surface area contributed by atoms with Gasteiger partial charge in [0.05, 0.1) is 19.8 Å². The quantitative estimate of drug-likeness (QED) is 0.707. The van der Waals surface area contributed by atoms with Crippen LogP contribution in [0.15, 0.2) is 12.3 Å². The van der Waals surface area contributed by atoms with Crippen LogP contribution in [-0.2, 0) is 22.4 Å². The van der Waals surface area contributed by atoms with Gasteiger partial charge in [-0.1, -0.05) is 0 Å². The maximum absolute atomic E-state index is 11.7. The molecule has 1 aromatic rings. The summed E-state index contributed by atoms with van der Waals surface area (Å²) in [6.07, 6.45) is 4.67. The van der Waals surface area contributed by atoms with E-state index in [0.29, 0.717) is 26.2 Å². The highest BCUT2D eigenvalue weighted by Crippen LogP contribution is 2.22. The molecule has 0 amide bonds. The Morgan fingerprint density at radius 1 is 1.29 bits per heavy atom. The Hall–Kier alpha value is -1.13. The molecule has 0 saturated heterocycles. The summed E-state index contributed by atoms with van der Waals surface area (Å²) in [7, 11) is 1.66. The lowest BCUT2D eigenvalue weighted by Gasteiger charge is -2.14. The van der Waals surface area contributed by atoms with Crippen molar-refractivity contribution < 1.29 is 14.3 Å². The van der Waals surface area contributed by atoms with E-state index in [4.69, 9.17) is 9.47 Å². The van der Waals surface area contributed by atoms with Gasteiger partial charge in [-0.2, -0.15) is 0 Å². The third-order valence-corrected chi connectivity index (χ3v) is 3.10. The molecular formula is C13H19NO3. The number of hydrogen-bond acceptors (Lipinski definition) is 3. The molecule has 0 unspecified atom stereocenters. The summed E-state index contributed by atoms with van der Waals surface area (Å²) in [5, 5.41) is 0. The van der Waals surface area contributed by atoms with Crippen molar-refractivity contribution in [3.63, 3.8) is 0 Å². The number of ketones is 1. The van der Waals surface area contributed by atoms with Crippen LogP contribution in [0.4, 0.5) is 0 Å². The average molecular weight is 237 g/mol. The maximum atomic E-state index is 11.7. The number of ether oxygens (including phenoxy) is 2. The molecule has 0 N–H and O–H groups in total. The fraction of sp³-hybridized carbons (Fsp3) is 0.615. The molecule has 0 aromatic carbocycles. The zero-order chi connectivity index (χ0) is 12.1. The van der Waals surface area contributed by atoms with Gasteiger partial charge in [0.1, 0.15) is 0 Å². The van der Waals surface area contributed by atoms with Gasteiger partial charge in [0.15, 0.2) is 5.78 Å². The molecule has 0 bridgehead atoms. The van der Waals surface area contributed by atoms with Crippen molar-refractivity contribution in [2.45, 2.75) is 25.8 Å². The molecule has 0 spiro atoms. The molecule has 4 heteroatoms. The summed E-state index contributed by atoms with van der Waals surface area (Å²) in [6, 6.07) is 1.94. The lowest BCUT2D eigenvalue weighted by atomic mass is 9.97. The van der Waals surface area contributed by atoms with Crippen LogP contribution in [0.25, 0.3) is 0 Å². The molecule has 1 aliphatic carbocycles. The van der Waals surface area contributed by atoms with Crippen LogP contribution < -0.4 is 0 Å². The lowest BCUT2D eigenvalue weighted by molar-refractivity contribution is 0.0663. The monoisotopic (exact) mass is 237 g/mol. The van der Waals surface area contributed by atoms with Crippen LogP contribution in [0.5, 0.6) is 0 Å². The van der Waals surface area contributed by atoms with Crippen LogP contribution >= 0.6 is 0 Å². The number of carbonyl (C=O) groups excluding carboxylic acids is 1. The number of rotatable bonds is 6. The summed E-state index contributed by atoms with van der Waals surface area (Å²) in [4.78, 5) is 11.7. The third-order valence-electron chi connectivity index (χ3n) is 3.10. The zero-order valence-electron chi connectivity index (χ0n) is 10.3. The van der Waals surface area contributed by atoms with E-state index in [1.807, 2.05) is 12.3 Å². The summed E-state index contributed by atoms with van der Waals surface area (Å²) >= 11 is 0. The van der Waals surface area contributed by atoms with Gasteiger partial charge in [0.25, 0.3) is 0 Å². The molecule has 1 aromatic heterocycles. The summed E-state index contributed by atoms with van der Waals surface area (Å²) in [5.41, 5.74) is 2.09. The fourth-order valence-corrected chi connectivity index (χ4v) is 2.21. The SMILES string of the molecule is COCCOCCn1ccc2c1CCCC2=O. The van der Waals surface area contributed by atoms with E-state index in [0.717, 1.165) is 24.9 Å². The Labute approximate surface area is 102 Å². The third kappa shape index (κ3) is 2.96. The first kappa shape index (κ1) is 12.3. The van der Waals surface area contributed by atoms with Gasteiger partial charge < -0.3 is 14.0 Å². The summed E-state index contributed by atoms with van der Waals surface area (Å²) in [6.45, 7) is 2.73. The molecule has 1 aliphatic rings. The number of Topliss-reactive ketones (excluding diaryl/α,β-unsaturated/α-hetero) is 1. The first-order valence-corrected chi connectivity index (χ1v) is 6.11. The second-order valence-corrected chi connectivity index (χ2v) is 4.25. The minimum Gasteiger partial charge on any atom is -0.382 e. The van der Waals surface area contributed by atoms with Gasteiger partial charge in [0.2, 0.25) is 0 Å². The minimum absolute atomic E-state index is 0.283. The van der Waals surface area contributed by atoms with Gasteiger partial charge in [-0.3, -0.25) is 4.79 Å². The van der Waals surface area contributed by atoms with Crippen LogP contribution in [0.2, 0.25) is 0 Å². The van der Waals surface area contributed by atoms with Crippen molar-refractivity contribution in [2.24, 2.45) is 0 Å². The summed E-state index contributed by atoms with van der Waals surface area (Å²) in [5.74, 6) is 0.283. The van der Waals surface area contributed by atoms with Gasteiger partial charge in [0, 0.05) is 37.5 Å². The molecule has 17 heavy (non-hydrogen) atoms. The van der Waals surface area contributed by atoms with Crippen LogP contribution in [0.3, 0.4) is 0 Å². The van der Waals surface area contributed by atoms with Crippen molar-refractivity contribution in [3.8, 4) is 0 Å². The van der Waals surface area contributed by atoms with Crippen molar-refractivity contribution in [1.82, 2.24) is 4.57 Å². The second kappa shape index (κ2) is 5.98. The molecule has 0 aliphatic heterocycles. The van der Waals surface area contributed by atoms with Gasteiger partial charge in [-0.25, -0.2) is 0 Å². The second-order valence-electron chi connectivity index (χ2n) is 4.25. The number of hydrogen-bond donors (Lipinski definition) is 0. The highest BCUT2D eigenvalue weighted by atomic mass is 16.5. The van der Waals surface area contributed by atoms with E-state index in [9.17, 15) is 4.79 Å². The standard InChI is InChI=1S/C13H19NO3/c1-16-9-10-17-8-7-14-6-5-11-12(14)3-2-4-13(11)15/h5-6H,2-4,7-10H2,1H3. The minimum atomic E-state index is 0.283. The number of nitrogens with zero attached hydrogens (tertiary/aromatic N) is 1. The highest BCUT2D eigenvalue weighted by molar-refractivity contribution is 5.98. The topological polar surface area (TPSA) is 40.5 Å². The van der Waals surface area contributed by atoms with E-state index >= 15 is 0 Å². The fourth-order valence-electron chi connectivity index (χ4n) is 2.21. The Morgan fingerprint density at radius 3 is 3.00 bits per heavy atom. The largest absolute Gasteiger partial charge is 0.382 e. The van der Waals surface area contributed by atoms with Crippen molar-refractivity contribution >= 4 is 5.78 Å². The molecule has 0 fully saturated rings. The van der Waals surface area contributed by atoms with Crippen molar-refractivity contribution in [2.75, 3.05) is 26.9 Å². The van der Waals surface area contributed by atoms with Crippen LogP contribution in [0.1, 0.15) is 28.9 Å². The zero-order valence-corrected chi connectivity index (χ0v) is 10.3. The number of aromatic nitrogens is 1. The van der Waals surface area contributed by atoms with Crippen molar-refractivity contribution in [3.05, 3.63) is 23.5 Å². The Kier molecular flexibility index (Phi) is 4.34. The van der Waals surface area contributed by atoms with E-state index in [1.54, 1.807) is 7.11 Å². The summed E-state index contributed by atoms with van der Waals surface area (Å²) < 4.78 is 12.5. The molecule has 0 atom stereocenters. The van der Waals surface area contributed by atoms with E-state index < -0.39 is 0 Å². The van der Waals surface area contributed by atoms with E-state index in [1.165, 1.54) is 5.69 Å². The Bertz CT molecular complexity index is 384. The number of carbonyl (C=O) groups is 1. The number of fused-ring (bicyclic) bond motifs is 1. The first-order chi connectivity index (χ1) is 8.33. The molecule has 94 valence electrons. The van der Waals surface area contributed by atoms with Crippen LogP contribution in [-0.4, -0.2) is 37.3 Å². The predicted molar refractivity (Wildman–Crippen MR) is 64.4 cm³/mol. The van der Waals surface area contributed by atoms with Crippen molar-refractivity contribution in [1.29, 1.82) is 0 Å². The van der Waals surface area contributed by atoms with Gasteiger partial charge in [-0.15, -0.1) is 0 Å². The first-order valence-electron chi connectivity index (χ1n) is 6.11. The average Bonchev–Trinajstić information content (AvgIpc) is 2.74. The smallest absolute Gasteiger partial charge is 0.164 e. The highest BCUT2D eigenvalue weighted by Gasteiger charge is 2.19. The molecule has 2 rings (SSSR count).